The summed E-state index contributed by atoms with van der Waals surface area (Å²) in [7, 11) is 0. The van der Waals surface area contributed by atoms with E-state index in [2.05, 4.69) is 30.2 Å². The summed E-state index contributed by atoms with van der Waals surface area (Å²) in [6.07, 6.45) is 6.49. The topological polar surface area (TPSA) is 84.3 Å². The Morgan fingerprint density at radius 3 is 3.00 bits per heavy atom. The van der Waals surface area contributed by atoms with Gasteiger partial charge in [-0.3, -0.25) is 0 Å². The zero-order chi connectivity index (χ0) is 18.4. The average molecular weight is 367 g/mol. The van der Waals surface area contributed by atoms with Crippen LogP contribution in [0.5, 0.6) is 0 Å². The fraction of sp³-hybridized carbons (Fsp3) is 0.222. The van der Waals surface area contributed by atoms with Gasteiger partial charge in [0.15, 0.2) is 11.5 Å². The van der Waals surface area contributed by atoms with Crippen molar-refractivity contribution in [2.24, 2.45) is 0 Å². The zero-order valence-electron chi connectivity index (χ0n) is 14.2. The van der Waals surface area contributed by atoms with Crippen LogP contribution in [0.25, 0.3) is 22.4 Å². The van der Waals surface area contributed by atoms with E-state index in [1.165, 1.54) is 18.5 Å². The maximum Gasteiger partial charge on any atom is 0.182 e. The molecule has 0 fully saturated rings. The number of rotatable bonds is 3. The van der Waals surface area contributed by atoms with Gasteiger partial charge >= 0.3 is 0 Å². The molecule has 5 rings (SSSR count). The van der Waals surface area contributed by atoms with Crippen LogP contribution in [0.1, 0.15) is 12.2 Å². The summed E-state index contributed by atoms with van der Waals surface area (Å²) >= 11 is 0. The highest BCUT2D eigenvalue weighted by atomic mass is 19.1. The van der Waals surface area contributed by atoms with E-state index in [0.717, 1.165) is 30.2 Å². The van der Waals surface area contributed by atoms with Crippen LogP contribution in [0.3, 0.4) is 0 Å². The lowest BCUT2D eigenvalue weighted by Crippen LogP contribution is -2.31. The number of nitrogens with zero attached hydrogens (tertiary/aromatic N) is 5. The second-order valence-corrected chi connectivity index (χ2v) is 6.52. The predicted octanol–water partition coefficient (Wildman–Crippen LogP) is 2.92. The summed E-state index contributed by atoms with van der Waals surface area (Å²) in [5.74, 6) is 0.388. The molecule has 4 aromatic rings. The summed E-state index contributed by atoms with van der Waals surface area (Å²) in [6, 6.07) is 3.68. The number of halogens is 2. The van der Waals surface area contributed by atoms with E-state index in [1.807, 2.05) is 10.8 Å². The highest BCUT2D eigenvalue weighted by Crippen LogP contribution is 2.26. The van der Waals surface area contributed by atoms with Crippen LogP contribution in [0.4, 0.5) is 14.6 Å². The molecule has 1 aliphatic rings. The third-order valence-corrected chi connectivity index (χ3v) is 4.76. The first-order chi connectivity index (χ1) is 13.2. The molecule has 0 amide bonds. The number of hydrogen-bond donors (Lipinski definition) is 2. The minimum Gasteiger partial charge on any atom is -0.364 e. The van der Waals surface area contributed by atoms with E-state index in [0.29, 0.717) is 29.3 Å². The maximum absolute atomic E-state index is 14.1. The van der Waals surface area contributed by atoms with Crippen LogP contribution in [0, 0.1) is 11.6 Å². The van der Waals surface area contributed by atoms with Gasteiger partial charge in [-0.15, -0.1) is 0 Å². The summed E-state index contributed by atoms with van der Waals surface area (Å²) in [5, 5.41) is 3.42. The van der Waals surface area contributed by atoms with Crippen LogP contribution < -0.4 is 5.32 Å². The van der Waals surface area contributed by atoms with Crippen molar-refractivity contribution in [3.63, 3.8) is 0 Å². The Morgan fingerprint density at radius 2 is 2.11 bits per heavy atom. The fourth-order valence-corrected chi connectivity index (χ4v) is 3.46. The third kappa shape index (κ3) is 2.80. The number of aryl methyl sites for hydroxylation is 1. The van der Waals surface area contributed by atoms with Crippen molar-refractivity contribution in [2.45, 2.75) is 25.4 Å². The van der Waals surface area contributed by atoms with Gasteiger partial charge in [-0.2, -0.15) is 0 Å². The third-order valence-electron chi connectivity index (χ3n) is 4.76. The van der Waals surface area contributed by atoms with Crippen LogP contribution in [-0.2, 0) is 13.0 Å². The van der Waals surface area contributed by atoms with Crippen LogP contribution in [-0.4, -0.2) is 35.5 Å². The van der Waals surface area contributed by atoms with Gasteiger partial charge in [0.05, 0.1) is 12.0 Å². The van der Waals surface area contributed by atoms with Gasteiger partial charge in [-0.25, -0.2) is 28.7 Å². The number of imidazole rings is 2. The lowest BCUT2D eigenvalue weighted by molar-refractivity contribution is 0.476. The molecule has 0 bridgehead atoms. The second-order valence-electron chi connectivity index (χ2n) is 6.52. The highest BCUT2D eigenvalue weighted by molar-refractivity contribution is 5.82. The van der Waals surface area contributed by atoms with E-state index in [4.69, 9.17) is 0 Å². The van der Waals surface area contributed by atoms with Crippen molar-refractivity contribution in [3.8, 4) is 11.3 Å². The molecule has 1 aromatic carbocycles. The Balaban J connectivity index is 1.40. The van der Waals surface area contributed by atoms with Gasteiger partial charge in [0, 0.05) is 36.8 Å². The number of hydrogen-bond acceptors (Lipinski definition) is 5. The van der Waals surface area contributed by atoms with Crippen molar-refractivity contribution in [1.82, 2.24) is 29.5 Å². The van der Waals surface area contributed by atoms with Gasteiger partial charge in [-0.05, 0) is 18.6 Å². The maximum atomic E-state index is 14.1. The first kappa shape index (κ1) is 15.9. The number of aromatic nitrogens is 6. The van der Waals surface area contributed by atoms with Crippen molar-refractivity contribution < 1.29 is 8.78 Å². The van der Waals surface area contributed by atoms with E-state index < -0.39 is 11.6 Å². The van der Waals surface area contributed by atoms with Crippen LogP contribution in [0.2, 0.25) is 0 Å². The van der Waals surface area contributed by atoms with Gasteiger partial charge in [0.2, 0.25) is 0 Å². The van der Waals surface area contributed by atoms with Crippen LogP contribution >= 0.6 is 0 Å². The Hall–Kier alpha value is -3.36. The molecule has 9 heteroatoms. The average Bonchev–Trinajstić information content (AvgIpc) is 3.28. The van der Waals surface area contributed by atoms with Crippen LogP contribution in [0.15, 0.2) is 37.1 Å². The van der Waals surface area contributed by atoms with Gasteiger partial charge < -0.3 is 14.9 Å². The first-order valence-electron chi connectivity index (χ1n) is 8.59. The monoisotopic (exact) mass is 367 g/mol. The molecule has 0 spiro atoms. The Bertz CT molecular complexity index is 1130. The summed E-state index contributed by atoms with van der Waals surface area (Å²) < 4.78 is 29.2. The minimum absolute atomic E-state index is 0.138. The number of fused-ring (bicyclic) bond motifs is 2. The van der Waals surface area contributed by atoms with Gasteiger partial charge in [0.1, 0.15) is 29.3 Å². The molecule has 2 N–H and O–H groups in total. The molecule has 3 aromatic heterocycles. The van der Waals surface area contributed by atoms with Crippen molar-refractivity contribution in [3.05, 3.63) is 54.5 Å². The van der Waals surface area contributed by atoms with Gasteiger partial charge in [-0.1, -0.05) is 0 Å². The molecule has 0 radical (unpaired) electrons. The van der Waals surface area contributed by atoms with E-state index in [9.17, 15) is 8.78 Å². The summed E-state index contributed by atoms with van der Waals surface area (Å²) in [6.45, 7) is 0.671. The molecular weight excluding hydrogens is 352 g/mol. The lowest BCUT2D eigenvalue weighted by atomic mass is 10.1. The zero-order valence-corrected chi connectivity index (χ0v) is 14.2. The predicted molar refractivity (Wildman–Crippen MR) is 95.0 cm³/mol. The smallest absolute Gasteiger partial charge is 0.182 e. The molecule has 1 atom stereocenters. The molecule has 136 valence electrons. The lowest BCUT2D eigenvalue weighted by Gasteiger charge is -2.25. The van der Waals surface area contributed by atoms with E-state index in [1.54, 1.807) is 6.33 Å². The van der Waals surface area contributed by atoms with Crippen molar-refractivity contribution in [2.75, 3.05) is 5.32 Å². The number of nitrogens with one attached hydrogen (secondary N) is 2. The molecule has 27 heavy (non-hydrogen) atoms. The standard InChI is InChI=1S/C18H15F2N7/c19-10-1-3-12(13(20)5-10)14-7-27-6-11(2-4-15(27)26-14)25-18-16-17(22-8-21-16)23-9-24-18/h1,3,5,7-9,11H,2,4,6H2,(H2,21,22,23,24,25). The molecule has 0 saturated heterocycles. The largest absolute Gasteiger partial charge is 0.364 e. The normalized spacial score (nSPS) is 16.4. The second kappa shape index (κ2) is 6.11. The number of aromatic amines is 1. The van der Waals surface area contributed by atoms with E-state index in [-0.39, 0.29) is 6.04 Å². The molecule has 4 heterocycles. The number of benzene rings is 1. The van der Waals surface area contributed by atoms with Crippen molar-refractivity contribution >= 4 is 17.0 Å². The molecule has 7 nitrogen and oxygen atoms in total. The molecule has 1 aliphatic heterocycles. The Morgan fingerprint density at radius 1 is 1.19 bits per heavy atom. The molecule has 0 saturated carbocycles. The molecule has 0 aliphatic carbocycles. The quantitative estimate of drug-likeness (QED) is 0.582. The minimum atomic E-state index is -0.609. The highest BCUT2D eigenvalue weighted by Gasteiger charge is 2.22. The Kier molecular flexibility index (Phi) is 3.59. The number of anilines is 1. The first-order valence-corrected chi connectivity index (χ1v) is 8.59. The SMILES string of the molecule is Fc1ccc(-c2cn3c(n2)CCC(Nc2ncnc4nc[nH]c24)C3)c(F)c1. The summed E-state index contributed by atoms with van der Waals surface area (Å²) in [4.78, 5) is 20.1. The van der Waals surface area contributed by atoms with Crippen molar-refractivity contribution in [1.29, 1.82) is 0 Å². The van der Waals surface area contributed by atoms with Gasteiger partial charge in [0.25, 0.3) is 0 Å². The molecular formula is C18H15F2N7. The number of H-pyrrole nitrogens is 1. The fourth-order valence-electron chi connectivity index (χ4n) is 3.46. The van der Waals surface area contributed by atoms with E-state index >= 15 is 0 Å². The molecule has 1 unspecified atom stereocenters. The Labute approximate surface area is 152 Å². The summed E-state index contributed by atoms with van der Waals surface area (Å²) in [5.41, 5.74) is 2.20.